The minimum Gasteiger partial charge on any atom is -0.507 e. The number of carboxylic acid groups (broad SMARTS) is 1. The van der Waals surface area contributed by atoms with Crippen molar-refractivity contribution in [2.45, 2.75) is 12.5 Å². The highest BCUT2D eigenvalue weighted by atomic mass is 32.2. The molecule has 1 aromatic rings. The summed E-state index contributed by atoms with van der Waals surface area (Å²) in [4.78, 5) is 24.3. The van der Waals surface area contributed by atoms with Crippen molar-refractivity contribution >= 4 is 27.5 Å². The molecule has 9 heteroatoms. The first-order valence-electron chi connectivity index (χ1n) is 6.50. The van der Waals surface area contributed by atoms with Gasteiger partial charge in [-0.15, -0.1) is 0 Å². The van der Waals surface area contributed by atoms with Gasteiger partial charge in [0, 0.05) is 18.8 Å². The summed E-state index contributed by atoms with van der Waals surface area (Å²) in [5, 5.41) is 20.8. The van der Waals surface area contributed by atoms with Crippen LogP contribution in [-0.4, -0.2) is 60.1 Å². The summed E-state index contributed by atoms with van der Waals surface area (Å²) in [5.41, 5.74) is -0.128. The van der Waals surface area contributed by atoms with Gasteiger partial charge in [-0.25, -0.2) is 18.0 Å². The van der Waals surface area contributed by atoms with Crippen LogP contribution in [0.15, 0.2) is 18.2 Å². The summed E-state index contributed by atoms with van der Waals surface area (Å²) in [5.74, 6) is -1.74. The van der Waals surface area contributed by atoms with Gasteiger partial charge in [0.15, 0.2) is 9.84 Å². The van der Waals surface area contributed by atoms with Gasteiger partial charge in [-0.05, 0) is 24.6 Å². The maximum absolute atomic E-state index is 12.1. The molecule has 1 unspecified atom stereocenters. The largest absolute Gasteiger partial charge is 0.507 e. The van der Waals surface area contributed by atoms with Crippen molar-refractivity contribution in [1.82, 2.24) is 4.90 Å². The molecule has 0 spiro atoms. The lowest BCUT2D eigenvalue weighted by Gasteiger charge is -2.23. The number of carboxylic acids is 1. The summed E-state index contributed by atoms with van der Waals surface area (Å²) in [6.07, 6.45) is 0.377. The highest BCUT2D eigenvalue weighted by molar-refractivity contribution is 7.91. The van der Waals surface area contributed by atoms with Crippen molar-refractivity contribution in [2.24, 2.45) is 0 Å². The number of urea groups is 1. The fraction of sp³-hybridized carbons (Fsp3) is 0.385. The number of hydrogen-bond acceptors (Lipinski definition) is 5. The number of aromatic carboxylic acids is 1. The molecule has 0 radical (unpaired) electrons. The average molecular weight is 328 g/mol. The van der Waals surface area contributed by atoms with E-state index in [1.165, 1.54) is 24.1 Å². The predicted molar refractivity (Wildman–Crippen MR) is 78.9 cm³/mol. The molecule has 3 N–H and O–H groups in total. The Morgan fingerprint density at radius 3 is 2.59 bits per heavy atom. The molecule has 1 aliphatic heterocycles. The second kappa shape index (κ2) is 5.84. The van der Waals surface area contributed by atoms with E-state index in [1.807, 2.05) is 0 Å². The Morgan fingerprint density at radius 2 is 2.05 bits per heavy atom. The summed E-state index contributed by atoms with van der Waals surface area (Å²) in [7, 11) is -1.62. The van der Waals surface area contributed by atoms with Gasteiger partial charge in [-0.1, -0.05) is 0 Å². The fourth-order valence-electron chi connectivity index (χ4n) is 2.24. The van der Waals surface area contributed by atoms with Crippen LogP contribution < -0.4 is 5.32 Å². The quantitative estimate of drug-likeness (QED) is 0.703. The van der Waals surface area contributed by atoms with Gasteiger partial charge in [0.1, 0.15) is 11.3 Å². The Bertz CT molecular complexity index is 715. The van der Waals surface area contributed by atoms with Crippen LogP contribution in [0.2, 0.25) is 0 Å². The molecule has 2 amide bonds. The second-order valence-corrected chi connectivity index (χ2v) is 7.36. The molecule has 0 aromatic heterocycles. The van der Waals surface area contributed by atoms with Crippen LogP contribution in [0, 0.1) is 0 Å². The van der Waals surface area contributed by atoms with E-state index in [-0.39, 0.29) is 22.8 Å². The standard InChI is InChI=1S/C13H16N2O6S/c1-15(9-4-5-22(20,21)7-9)13(19)14-8-2-3-11(16)10(6-8)12(17)18/h2-3,6,9,16H,4-5,7H2,1H3,(H,14,19)(H,17,18). The number of nitrogens with one attached hydrogen (secondary N) is 1. The van der Waals surface area contributed by atoms with Crippen LogP contribution in [0.4, 0.5) is 10.5 Å². The van der Waals surface area contributed by atoms with Crippen LogP contribution in [0.3, 0.4) is 0 Å². The van der Waals surface area contributed by atoms with E-state index in [9.17, 15) is 23.1 Å². The molecule has 22 heavy (non-hydrogen) atoms. The highest BCUT2D eigenvalue weighted by Crippen LogP contribution is 2.22. The van der Waals surface area contributed by atoms with Gasteiger partial charge in [-0.3, -0.25) is 0 Å². The van der Waals surface area contributed by atoms with E-state index < -0.39 is 33.6 Å². The molecule has 120 valence electrons. The molecule has 1 atom stereocenters. The Kier molecular flexibility index (Phi) is 4.27. The smallest absolute Gasteiger partial charge is 0.339 e. The number of phenols is 1. The van der Waals surface area contributed by atoms with Gasteiger partial charge in [0.2, 0.25) is 0 Å². The van der Waals surface area contributed by atoms with Crippen molar-refractivity contribution in [2.75, 3.05) is 23.9 Å². The number of aromatic hydroxyl groups is 1. The van der Waals surface area contributed by atoms with Crippen LogP contribution in [-0.2, 0) is 9.84 Å². The van der Waals surface area contributed by atoms with Crippen LogP contribution >= 0.6 is 0 Å². The summed E-state index contributed by atoms with van der Waals surface area (Å²) < 4.78 is 22.9. The molecule has 1 fully saturated rings. The Balaban J connectivity index is 2.09. The van der Waals surface area contributed by atoms with Crippen molar-refractivity contribution in [1.29, 1.82) is 0 Å². The highest BCUT2D eigenvalue weighted by Gasteiger charge is 2.32. The average Bonchev–Trinajstić information content (AvgIpc) is 2.80. The molecular formula is C13H16N2O6S. The topological polar surface area (TPSA) is 124 Å². The maximum Gasteiger partial charge on any atom is 0.339 e. The van der Waals surface area contributed by atoms with E-state index in [0.717, 1.165) is 6.07 Å². The van der Waals surface area contributed by atoms with E-state index in [4.69, 9.17) is 5.11 Å². The first-order chi connectivity index (χ1) is 10.2. The monoisotopic (exact) mass is 328 g/mol. The molecule has 0 bridgehead atoms. The third-order valence-electron chi connectivity index (χ3n) is 3.55. The number of carbonyl (C=O) groups is 2. The molecule has 1 aliphatic rings. The third-order valence-corrected chi connectivity index (χ3v) is 5.31. The number of amides is 2. The number of carbonyl (C=O) groups excluding carboxylic acids is 1. The number of nitrogens with zero attached hydrogens (tertiary/aromatic N) is 1. The number of rotatable bonds is 3. The van der Waals surface area contributed by atoms with Crippen molar-refractivity contribution in [3.8, 4) is 5.75 Å². The first kappa shape index (κ1) is 16.1. The lowest BCUT2D eigenvalue weighted by molar-refractivity contribution is 0.0693. The van der Waals surface area contributed by atoms with E-state index in [2.05, 4.69) is 5.32 Å². The number of benzene rings is 1. The summed E-state index contributed by atoms with van der Waals surface area (Å²) >= 11 is 0. The zero-order valence-electron chi connectivity index (χ0n) is 11.8. The van der Waals surface area contributed by atoms with E-state index in [1.54, 1.807) is 0 Å². The third kappa shape index (κ3) is 3.48. The van der Waals surface area contributed by atoms with Crippen LogP contribution in [0.1, 0.15) is 16.8 Å². The van der Waals surface area contributed by atoms with E-state index in [0.29, 0.717) is 6.42 Å². The van der Waals surface area contributed by atoms with Gasteiger partial charge < -0.3 is 20.4 Å². The SMILES string of the molecule is CN(C(=O)Nc1ccc(O)c(C(=O)O)c1)C1CCS(=O)(=O)C1. The zero-order chi connectivity index (χ0) is 16.5. The van der Waals surface area contributed by atoms with Gasteiger partial charge in [0.05, 0.1) is 11.5 Å². The Morgan fingerprint density at radius 1 is 1.36 bits per heavy atom. The van der Waals surface area contributed by atoms with Crippen molar-refractivity contribution < 1.29 is 28.2 Å². The number of sulfone groups is 1. The number of hydrogen-bond donors (Lipinski definition) is 3. The molecule has 0 saturated carbocycles. The Labute approximate surface area is 127 Å². The zero-order valence-corrected chi connectivity index (χ0v) is 12.6. The molecular weight excluding hydrogens is 312 g/mol. The summed E-state index contributed by atoms with van der Waals surface area (Å²) in [6, 6.07) is 2.72. The van der Waals surface area contributed by atoms with Crippen LogP contribution in [0.5, 0.6) is 5.75 Å². The Hall–Kier alpha value is -2.29. The summed E-state index contributed by atoms with van der Waals surface area (Å²) in [6.45, 7) is 0. The minimum absolute atomic E-state index is 0.0532. The molecule has 1 saturated heterocycles. The molecule has 2 rings (SSSR count). The second-order valence-electron chi connectivity index (χ2n) is 5.13. The van der Waals surface area contributed by atoms with Gasteiger partial charge >= 0.3 is 12.0 Å². The normalized spacial score (nSPS) is 19.6. The predicted octanol–water partition coefficient (Wildman–Crippen LogP) is 0.741. The maximum atomic E-state index is 12.1. The van der Waals surface area contributed by atoms with E-state index >= 15 is 0 Å². The molecule has 1 heterocycles. The molecule has 8 nitrogen and oxygen atoms in total. The number of anilines is 1. The minimum atomic E-state index is -3.10. The van der Waals surface area contributed by atoms with Gasteiger partial charge in [0.25, 0.3) is 0 Å². The first-order valence-corrected chi connectivity index (χ1v) is 8.32. The molecule has 0 aliphatic carbocycles. The van der Waals surface area contributed by atoms with Gasteiger partial charge in [-0.2, -0.15) is 0 Å². The van der Waals surface area contributed by atoms with Crippen molar-refractivity contribution in [3.63, 3.8) is 0 Å². The van der Waals surface area contributed by atoms with Crippen LogP contribution in [0.25, 0.3) is 0 Å². The van der Waals surface area contributed by atoms with Crippen molar-refractivity contribution in [3.05, 3.63) is 23.8 Å². The lowest BCUT2D eigenvalue weighted by atomic mass is 10.2. The lowest BCUT2D eigenvalue weighted by Crippen LogP contribution is -2.40. The fourth-order valence-corrected chi connectivity index (χ4v) is 4.02. The molecule has 1 aromatic carbocycles.